The van der Waals surface area contributed by atoms with Crippen molar-refractivity contribution in [1.29, 1.82) is 0 Å². The smallest absolute Gasteiger partial charge is 0.329 e. The number of unbranched alkanes of at least 4 members (excludes halogenated alkanes) is 1. The van der Waals surface area contributed by atoms with Gasteiger partial charge in [0.05, 0.1) is 62.6 Å². The normalized spacial score (nSPS) is 11.8. The van der Waals surface area contributed by atoms with E-state index in [4.69, 9.17) is 33.5 Å². The fraction of sp³-hybridized carbons (Fsp3) is 0.512. The number of benzene rings is 2. The van der Waals surface area contributed by atoms with E-state index in [1.54, 1.807) is 6.07 Å². The second-order valence-electron chi connectivity index (χ2n) is 15.6. The number of anilines is 1. The third kappa shape index (κ3) is 19.2. The number of carboxylic acids is 1. The van der Waals surface area contributed by atoms with Crippen LogP contribution in [0, 0.1) is 16.6 Å². The Morgan fingerprint density at radius 1 is 0.774 bits per heavy atom. The molecule has 0 atom stereocenters. The van der Waals surface area contributed by atoms with Gasteiger partial charge < -0.3 is 44.2 Å². The molecule has 0 unspecified atom stereocenters. The lowest BCUT2D eigenvalue weighted by atomic mass is 9.72. The number of amides is 2. The number of aryl methyl sites for hydroxylation is 1. The van der Waals surface area contributed by atoms with E-state index in [0.29, 0.717) is 29.9 Å². The number of aliphatic carboxylic acids is 1. The molecule has 2 aromatic carbocycles. The summed E-state index contributed by atoms with van der Waals surface area (Å²) in [5.74, 6) is -1.67. The largest absolute Gasteiger partial charge is 0.480 e. The lowest BCUT2D eigenvalue weighted by Crippen LogP contribution is -2.31. The number of carboxylic acid groups (broad SMARTS) is 1. The maximum atomic E-state index is 14.7. The highest BCUT2D eigenvalue weighted by molar-refractivity contribution is 7.92. The Bertz CT molecular complexity index is 2000. The molecular formula is C43H59FN4O13S. The summed E-state index contributed by atoms with van der Waals surface area (Å²) in [7, 11) is -2.65. The number of esters is 1. The zero-order valence-corrected chi connectivity index (χ0v) is 36.8. The van der Waals surface area contributed by atoms with Crippen LogP contribution in [0.15, 0.2) is 65.7 Å². The highest BCUT2D eigenvalue weighted by atomic mass is 32.2. The number of carbonyl (C=O) groups is 4. The second-order valence-corrected chi connectivity index (χ2v) is 17.3. The fourth-order valence-electron chi connectivity index (χ4n) is 6.38. The average molecular weight is 891 g/mol. The van der Waals surface area contributed by atoms with Crippen molar-refractivity contribution in [2.75, 3.05) is 77.8 Å². The van der Waals surface area contributed by atoms with Gasteiger partial charge in [-0.15, -0.1) is 0 Å². The molecule has 3 rings (SSSR count). The van der Waals surface area contributed by atoms with Gasteiger partial charge in [0.1, 0.15) is 36.3 Å². The molecule has 62 heavy (non-hydrogen) atoms. The van der Waals surface area contributed by atoms with Crippen molar-refractivity contribution in [2.24, 2.45) is 10.8 Å². The Balaban J connectivity index is 1.34. The standard InChI is InChI=1S/C43H59FN4O13S/c1-42(2,30-43(3,4)41(53)56-5)17-7-6-8-31-26-34(12-15-36(31)44)61-33-10-13-35(14-11-33)62(54,55)48-37-16-9-32(27-47-37)40(52)46-19-21-58-22-24-59-28-38(49)45-18-20-57-23-25-60-29-39(50)51/h9-16,26-27H,6-8,17-25,28-30H2,1-5H3,(H,45,49)(H,46,52)(H,47,48)(H,50,51). The molecule has 0 spiro atoms. The van der Waals surface area contributed by atoms with Crippen LogP contribution in [0.1, 0.15) is 69.3 Å². The fourth-order valence-corrected chi connectivity index (χ4v) is 7.39. The number of halogens is 1. The summed E-state index contributed by atoms with van der Waals surface area (Å²) in [6.07, 6.45) is 4.84. The summed E-state index contributed by atoms with van der Waals surface area (Å²) in [6, 6.07) is 13.0. The number of hydrogen-bond donors (Lipinski definition) is 4. The number of pyridine rings is 1. The Kier molecular flexibility index (Phi) is 21.2. The third-order valence-electron chi connectivity index (χ3n) is 9.16. The molecule has 0 fully saturated rings. The van der Waals surface area contributed by atoms with Crippen LogP contribution in [0.25, 0.3) is 0 Å². The maximum Gasteiger partial charge on any atom is 0.329 e. The predicted molar refractivity (Wildman–Crippen MR) is 226 cm³/mol. The summed E-state index contributed by atoms with van der Waals surface area (Å²) in [4.78, 5) is 50.8. The molecule has 0 aliphatic carbocycles. The summed E-state index contributed by atoms with van der Waals surface area (Å²) in [5.41, 5.74) is -0.00439. The van der Waals surface area contributed by atoms with E-state index in [9.17, 15) is 32.0 Å². The van der Waals surface area contributed by atoms with E-state index >= 15 is 0 Å². The molecule has 0 aliphatic rings. The number of sulfonamides is 1. The number of hydrogen-bond acceptors (Lipinski definition) is 13. The molecule has 2 amide bonds. The van der Waals surface area contributed by atoms with Crippen LogP contribution in [0.5, 0.6) is 11.5 Å². The molecular weight excluding hydrogens is 832 g/mol. The zero-order valence-electron chi connectivity index (χ0n) is 36.0. The van der Waals surface area contributed by atoms with Gasteiger partial charge in [-0.3, -0.25) is 19.1 Å². The summed E-state index contributed by atoms with van der Waals surface area (Å²) in [5, 5.41) is 13.7. The molecule has 0 saturated carbocycles. The maximum absolute atomic E-state index is 14.7. The summed E-state index contributed by atoms with van der Waals surface area (Å²) in [6.45, 7) is 8.93. The van der Waals surface area contributed by atoms with Crippen LogP contribution in [0.3, 0.4) is 0 Å². The summed E-state index contributed by atoms with van der Waals surface area (Å²) < 4.78 is 74.8. The lowest BCUT2D eigenvalue weighted by molar-refractivity contribution is -0.152. The minimum Gasteiger partial charge on any atom is -0.480 e. The van der Waals surface area contributed by atoms with Crippen molar-refractivity contribution in [3.63, 3.8) is 0 Å². The molecule has 19 heteroatoms. The lowest BCUT2D eigenvalue weighted by Gasteiger charge is -2.33. The molecule has 0 bridgehead atoms. The minimum absolute atomic E-state index is 0.000250. The monoisotopic (exact) mass is 890 g/mol. The van der Waals surface area contributed by atoms with Crippen molar-refractivity contribution in [3.05, 3.63) is 77.7 Å². The molecule has 3 aromatic rings. The predicted octanol–water partition coefficient (Wildman–Crippen LogP) is 5.14. The molecule has 1 aromatic heterocycles. The van der Waals surface area contributed by atoms with Gasteiger partial charge in [-0.2, -0.15) is 0 Å². The molecule has 0 radical (unpaired) electrons. The van der Waals surface area contributed by atoms with Gasteiger partial charge in [0.25, 0.3) is 15.9 Å². The molecule has 342 valence electrons. The quantitative estimate of drug-likeness (QED) is 0.0503. The number of methoxy groups -OCH3 is 1. The van der Waals surface area contributed by atoms with Crippen LogP contribution >= 0.6 is 0 Å². The van der Waals surface area contributed by atoms with Gasteiger partial charge in [-0.25, -0.2) is 22.6 Å². The van der Waals surface area contributed by atoms with Crippen molar-refractivity contribution < 1.29 is 65.5 Å². The van der Waals surface area contributed by atoms with Gasteiger partial charge in [-0.05, 0) is 105 Å². The van der Waals surface area contributed by atoms with Crippen molar-refractivity contribution in [1.82, 2.24) is 15.6 Å². The molecule has 4 N–H and O–H groups in total. The number of nitrogens with one attached hydrogen (secondary N) is 3. The van der Waals surface area contributed by atoms with Crippen molar-refractivity contribution in [2.45, 2.75) is 64.7 Å². The number of carbonyl (C=O) groups excluding carboxylic acids is 3. The highest BCUT2D eigenvalue weighted by Crippen LogP contribution is 2.38. The summed E-state index contributed by atoms with van der Waals surface area (Å²) >= 11 is 0. The van der Waals surface area contributed by atoms with Crippen molar-refractivity contribution in [3.8, 4) is 11.5 Å². The van der Waals surface area contributed by atoms with E-state index in [1.165, 1.54) is 61.8 Å². The van der Waals surface area contributed by atoms with Crippen LogP contribution in [-0.4, -0.2) is 115 Å². The van der Waals surface area contributed by atoms with Crippen LogP contribution in [0.2, 0.25) is 0 Å². The van der Waals surface area contributed by atoms with E-state index < -0.39 is 33.9 Å². The first-order chi connectivity index (χ1) is 29.4. The first-order valence-electron chi connectivity index (χ1n) is 20.1. The first kappa shape index (κ1) is 51.1. The Morgan fingerprint density at radius 3 is 2.03 bits per heavy atom. The Hall–Kier alpha value is -5.21. The number of ether oxygens (including phenoxy) is 6. The Labute approximate surface area is 362 Å². The molecule has 17 nitrogen and oxygen atoms in total. The van der Waals surface area contributed by atoms with E-state index in [0.717, 1.165) is 19.3 Å². The second kappa shape index (κ2) is 25.7. The van der Waals surface area contributed by atoms with E-state index in [2.05, 4.69) is 34.2 Å². The SMILES string of the molecule is COC(=O)C(C)(C)CC(C)(C)CCCCc1cc(Oc2ccc(S(=O)(=O)Nc3ccc(C(=O)NCCOCCOCC(=O)NCCOCCOCC(=O)O)cn3)cc2)ccc1F. The molecule has 0 aliphatic heterocycles. The Morgan fingerprint density at radius 2 is 1.40 bits per heavy atom. The number of nitrogens with zero attached hydrogens (tertiary/aromatic N) is 1. The molecule has 1 heterocycles. The highest BCUT2D eigenvalue weighted by Gasteiger charge is 2.35. The number of rotatable bonds is 30. The van der Waals surface area contributed by atoms with Gasteiger partial charge in [0.15, 0.2) is 0 Å². The van der Waals surface area contributed by atoms with Crippen LogP contribution in [0.4, 0.5) is 10.2 Å². The van der Waals surface area contributed by atoms with Gasteiger partial charge in [0.2, 0.25) is 5.91 Å². The van der Waals surface area contributed by atoms with E-state index in [-0.39, 0.29) is 98.7 Å². The van der Waals surface area contributed by atoms with Gasteiger partial charge >= 0.3 is 11.9 Å². The van der Waals surface area contributed by atoms with Crippen molar-refractivity contribution >= 4 is 39.6 Å². The van der Waals surface area contributed by atoms with E-state index in [1.807, 2.05) is 13.8 Å². The van der Waals surface area contributed by atoms with Crippen LogP contribution < -0.4 is 20.1 Å². The van der Waals surface area contributed by atoms with Gasteiger partial charge in [0, 0.05) is 19.3 Å². The minimum atomic E-state index is -4.04. The number of aromatic nitrogens is 1. The first-order valence-corrected chi connectivity index (χ1v) is 21.6. The zero-order chi connectivity index (χ0) is 45.6. The van der Waals surface area contributed by atoms with Crippen LogP contribution in [-0.2, 0) is 54.5 Å². The third-order valence-corrected chi connectivity index (χ3v) is 10.5. The van der Waals surface area contributed by atoms with Gasteiger partial charge in [-0.1, -0.05) is 20.3 Å². The molecule has 0 saturated heterocycles. The average Bonchev–Trinajstić information content (AvgIpc) is 3.21. The topological polar surface area (TPSA) is 227 Å².